The summed E-state index contributed by atoms with van der Waals surface area (Å²) in [6.45, 7) is 1.85. The van der Waals surface area contributed by atoms with E-state index in [-0.39, 0.29) is 5.56 Å². The first-order valence-corrected chi connectivity index (χ1v) is 8.10. The summed E-state index contributed by atoms with van der Waals surface area (Å²) in [6.07, 6.45) is 1.30. The van der Waals surface area contributed by atoms with Gasteiger partial charge in [-0.3, -0.25) is 4.98 Å². The van der Waals surface area contributed by atoms with Crippen molar-refractivity contribution in [3.63, 3.8) is 0 Å². The van der Waals surface area contributed by atoms with Crippen LogP contribution in [0.15, 0.2) is 42.6 Å². The maximum atomic E-state index is 11.5. The molecule has 0 aliphatic carbocycles. The van der Waals surface area contributed by atoms with E-state index in [2.05, 4.69) is 10.3 Å². The summed E-state index contributed by atoms with van der Waals surface area (Å²) in [5.74, 6) is -1.28. The predicted molar refractivity (Wildman–Crippen MR) is 99.9 cm³/mol. The summed E-state index contributed by atoms with van der Waals surface area (Å²) in [5.41, 5.74) is 3.73. The molecule has 0 atom stereocenters. The second-order valence-corrected chi connectivity index (χ2v) is 6.38. The number of fused-ring (bicyclic) bond motifs is 1. The Balaban J connectivity index is 2.14. The minimum atomic E-state index is -1.28. The van der Waals surface area contributed by atoms with Crippen LogP contribution >= 0.6 is 11.6 Å². The van der Waals surface area contributed by atoms with E-state index in [1.54, 1.807) is 12.1 Å². The Labute approximate surface area is 150 Å². The molecule has 0 saturated carbocycles. The molecule has 1 heterocycles. The molecule has 0 radical (unpaired) electrons. The summed E-state index contributed by atoms with van der Waals surface area (Å²) in [4.78, 5) is 17.8. The van der Waals surface area contributed by atoms with Gasteiger partial charge in [0.1, 0.15) is 0 Å². The van der Waals surface area contributed by atoms with E-state index in [1.807, 2.05) is 50.2 Å². The average molecular weight is 355 g/mol. The summed E-state index contributed by atoms with van der Waals surface area (Å²) >= 11 is 6.16. The number of rotatable bonds is 4. The number of carbonyl (C=O) groups is 1. The first-order chi connectivity index (χ1) is 11.9. The van der Waals surface area contributed by atoms with Gasteiger partial charge in [0.05, 0.1) is 17.2 Å². The molecule has 0 amide bonds. The van der Waals surface area contributed by atoms with Crippen LogP contribution in [0.4, 0.5) is 17.1 Å². The molecule has 128 valence electrons. The van der Waals surface area contributed by atoms with E-state index in [9.17, 15) is 9.90 Å². The highest BCUT2D eigenvalue weighted by Crippen LogP contribution is 2.33. The number of carboxylic acid groups (broad SMARTS) is 1. The smallest absolute Gasteiger partial charge is 0.0767 e. The predicted octanol–water partition coefficient (Wildman–Crippen LogP) is 3.37. The molecule has 1 N–H and O–H groups in total. The molecular weight excluding hydrogens is 338 g/mol. The highest BCUT2D eigenvalue weighted by molar-refractivity contribution is 6.32. The highest BCUT2D eigenvalue weighted by Gasteiger charge is 2.13. The van der Waals surface area contributed by atoms with Crippen molar-refractivity contribution in [2.75, 3.05) is 24.3 Å². The fraction of sp³-hybridized carbons (Fsp3) is 0.158. The fourth-order valence-corrected chi connectivity index (χ4v) is 2.81. The number of hydrogen-bond acceptors (Lipinski definition) is 5. The number of anilines is 3. The molecule has 0 unspecified atom stereocenters. The third-order valence-electron chi connectivity index (χ3n) is 4.10. The maximum Gasteiger partial charge on any atom is 0.0767 e. The Hall–Kier alpha value is -2.79. The van der Waals surface area contributed by atoms with Gasteiger partial charge < -0.3 is 20.1 Å². The van der Waals surface area contributed by atoms with E-state index in [1.165, 1.54) is 6.20 Å². The van der Waals surface area contributed by atoms with E-state index in [0.29, 0.717) is 21.6 Å². The number of carbonyl (C=O) groups excluding carboxylic acids is 1. The van der Waals surface area contributed by atoms with E-state index in [4.69, 9.17) is 11.6 Å². The number of aryl methyl sites for hydroxylation is 1. The van der Waals surface area contributed by atoms with Crippen molar-refractivity contribution in [3.05, 3.63) is 58.7 Å². The van der Waals surface area contributed by atoms with E-state index < -0.39 is 5.97 Å². The Morgan fingerprint density at radius 2 is 1.84 bits per heavy atom. The van der Waals surface area contributed by atoms with Gasteiger partial charge in [0.15, 0.2) is 0 Å². The lowest BCUT2D eigenvalue weighted by molar-refractivity contribution is -0.254. The zero-order chi connectivity index (χ0) is 18.1. The molecule has 0 spiro atoms. The van der Waals surface area contributed by atoms with Crippen LogP contribution in [0.2, 0.25) is 5.02 Å². The third-order valence-corrected chi connectivity index (χ3v) is 4.51. The van der Waals surface area contributed by atoms with Gasteiger partial charge >= 0.3 is 0 Å². The van der Waals surface area contributed by atoms with Crippen LogP contribution in [0, 0.1) is 6.92 Å². The molecule has 0 bridgehead atoms. The summed E-state index contributed by atoms with van der Waals surface area (Å²) in [6, 6.07) is 11.2. The number of aromatic carboxylic acids is 1. The van der Waals surface area contributed by atoms with Gasteiger partial charge in [0.25, 0.3) is 0 Å². The largest absolute Gasteiger partial charge is 0.545 e. The molecule has 0 fully saturated rings. The van der Waals surface area contributed by atoms with Crippen molar-refractivity contribution in [1.82, 2.24) is 4.98 Å². The first-order valence-electron chi connectivity index (χ1n) is 7.72. The number of benzene rings is 2. The van der Waals surface area contributed by atoms with Crippen molar-refractivity contribution >= 4 is 45.5 Å². The van der Waals surface area contributed by atoms with Crippen LogP contribution < -0.4 is 15.3 Å². The molecule has 3 rings (SSSR count). The molecule has 0 aliphatic rings. The van der Waals surface area contributed by atoms with Crippen LogP contribution in [-0.4, -0.2) is 25.0 Å². The first kappa shape index (κ1) is 17.0. The fourth-order valence-electron chi connectivity index (χ4n) is 2.66. The highest BCUT2D eigenvalue weighted by atomic mass is 35.5. The van der Waals surface area contributed by atoms with Crippen LogP contribution in [-0.2, 0) is 0 Å². The Morgan fingerprint density at radius 3 is 2.44 bits per heavy atom. The maximum absolute atomic E-state index is 11.5. The number of carboxylic acids is 1. The van der Waals surface area contributed by atoms with Gasteiger partial charge in [-0.15, -0.1) is 0 Å². The topological polar surface area (TPSA) is 68.3 Å². The normalized spacial score (nSPS) is 10.7. The van der Waals surface area contributed by atoms with Crippen molar-refractivity contribution in [1.29, 1.82) is 0 Å². The number of aromatic nitrogens is 1. The van der Waals surface area contributed by atoms with Crippen molar-refractivity contribution < 1.29 is 9.90 Å². The lowest BCUT2D eigenvalue weighted by Crippen LogP contribution is -2.23. The van der Waals surface area contributed by atoms with Gasteiger partial charge in [0.2, 0.25) is 0 Å². The lowest BCUT2D eigenvalue weighted by Gasteiger charge is -2.18. The van der Waals surface area contributed by atoms with E-state index >= 15 is 0 Å². The zero-order valence-electron chi connectivity index (χ0n) is 14.1. The molecular formula is C19H17ClN3O2-. The summed E-state index contributed by atoms with van der Waals surface area (Å²) in [7, 11) is 3.92. The summed E-state index contributed by atoms with van der Waals surface area (Å²) < 4.78 is 0. The molecule has 25 heavy (non-hydrogen) atoms. The number of nitrogens with one attached hydrogen (secondary N) is 1. The monoisotopic (exact) mass is 354 g/mol. The Kier molecular flexibility index (Phi) is 4.51. The minimum Gasteiger partial charge on any atom is -0.545 e. The quantitative estimate of drug-likeness (QED) is 0.778. The number of nitrogens with zero attached hydrogens (tertiary/aromatic N) is 2. The molecule has 0 aliphatic heterocycles. The van der Waals surface area contributed by atoms with Crippen LogP contribution in [0.25, 0.3) is 10.9 Å². The SMILES string of the molecule is Cc1c(Cl)ccc2c(Nc3ccc(N(C)C)cc3)c(C(=O)[O-])cnc12. The van der Waals surface area contributed by atoms with Crippen molar-refractivity contribution in [3.8, 4) is 0 Å². The molecule has 3 aromatic rings. The third kappa shape index (κ3) is 3.23. The Morgan fingerprint density at radius 1 is 1.16 bits per heavy atom. The van der Waals surface area contributed by atoms with Crippen LogP contribution in [0.1, 0.15) is 15.9 Å². The van der Waals surface area contributed by atoms with Gasteiger partial charge in [-0.25, -0.2) is 0 Å². The standard InChI is InChI=1S/C19H18ClN3O2/c1-11-16(20)9-8-14-17(11)21-10-15(19(24)25)18(14)22-12-4-6-13(7-5-12)23(2)3/h4-10H,1-3H3,(H,21,22)(H,24,25)/p-1. The van der Waals surface area contributed by atoms with Gasteiger partial charge in [0, 0.05) is 47.6 Å². The number of halogens is 1. The number of hydrogen-bond donors (Lipinski definition) is 1. The van der Waals surface area contributed by atoms with Gasteiger partial charge in [-0.1, -0.05) is 11.6 Å². The Bertz CT molecular complexity index is 953. The average Bonchev–Trinajstić information content (AvgIpc) is 2.58. The van der Waals surface area contributed by atoms with Crippen LogP contribution in [0.3, 0.4) is 0 Å². The zero-order valence-corrected chi connectivity index (χ0v) is 14.9. The molecule has 1 aromatic heterocycles. The summed E-state index contributed by atoms with van der Waals surface area (Å²) in [5, 5.41) is 16.0. The molecule has 0 saturated heterocycles. The van der Waals surface area contributed by atoms with Crippen molar-refractivity contribution in [2.24, 2.45) is 0 Å². The van der Waals surface area contributed by atoms with Gasteiger partial charge in [-0.05, 0) is 48.9 Å². The van der Waals surface area contributed by atoms with Crippen molar-refractivity contribution in [2.45, 2.75) is 6.92 Å². The minimum absolute atomic E-state index is 0.00547. The second-order valence-electron chi connectivity index (χ2n) is 5.97. The molecule has 5 nitrogen and oxygen atoms in total. The second kappa shape index (κ2) is 6.61. The molecule has 6 heteroatoms. The molecule has 2 aromatic carbocycles. The van der Waals surface area contributed by atoms with Crippen LogP contribution in [0.5, 0.6) is 0 Å². The van der Waals surface area contributed by atoms with Gasteiger partial charge in [-0.2, -0.15) is 0 Å². The number of pyridine rings is 1. The van der Waals surface area contributed by atoms with E-state index in [0.717, 1.165) is 16.9 Å². The lowest BCUT2D eigenvalue weighted by atomic mass is 10.1.